The van der Waals surface area contributed by atoms with Gasteiger partial charge >= 0.3 is 0 Å². The van der Waals surface area contributed by atoms with Gasteiger partial charge in [0.1, 0.15) is 0 Å². The van der Waals surface area contributed by atoms with Crippen LogP contribution in [0.1, 0.15) is 0 Å². The van der Waals surface area contributed by atoms with Crippen molar-refractivity contribution in [3.63, 3.8) is 0 Å². The van der Waals surface area contributed by atoms with Crippen LogP contribution >= 0.6 is 11.9 Å². The molecule has 0 aliphatic carbocycles. The van der Waals surface area contributed by atoms with E-state index in [2.05, 4.69) is 22.8 Å². The predicted molar refractivity (Wildman–Crippen MR) is 25.3 cm³/mol. The van der Waals surface area contributed by atoms with Gasteiger partial charge in [-0.1, -0.05) is 6.58 Å². The van der Waals surface area contributed by atoms with Gasteiger partial charge in [-0.2, -0.15) is 4.39 Å². The minimum absolute atomic E-state index is 0.0926. The van der Waals surface area contributed by atoms with E-state index in [-0.39, 0.29) is 5.70 Å². The molecule has 0 rings (SSSR count). The van der Waals surface area contributed by atoms with E-state index in [1.165, 1.54) is 0 Å². The van der Waals surface area contributed by atoms with Gasteiger partial charge < -0.3 is 0 Å². The highest BCUT2D eigenvalue weighted by atomic mass is 35.5. The zero-order valence-corrected chi connectivity index (χ0v) is 4.23. The smallest absolute Gasteiger partial charge is 0.167 e. The van der Waals surface area contributed by atoms with E-state index >= 15 is 0 Å². The number of nitrogens with one attached hydrogen (secondary N) is 1. The number of hydrogen-bond donors (Lipinski definition) is 1. The van der Waals surface area contributed by atoms with Crippen molar-refractivity contribution in [2.45, 2.75) is 0 Å². The average Bonchev–Trinajstić information content (AvgIpc) is 1.68. The lowest BCUT2D eigenvalue weighted by atomic mass is 10.6. The Labute approximate surface area is 46.0 Å². The normalized spacial score (nSPS) is 7.57. The molecule has 0 radical (unpaired) electrons. The SMILES string of the molecule is C=C(C=O)NOCl. The second-order valence-electron chi connectivity index (χ2n) is 0.822. The van der Waals surface area contributed by atoms with Crippen molar-refractivity contribution in [3.05, 3.63) is 12.3 Å². The fourth-order valence-corrected chi connectivity index (χ4v) is 0.173. The molecule has 40 valence electrons. The van der Waals surface area contributed by atoms with Crippen LogP contribution in [0.25, 0.3) is 0 Å². The van der Waals surface area contributed by atoms with E-state index in [9.17, 15) is 4.79 Å². The lowest BCUT2D eigenvalue weighted by Gasteiger charge is -1.91. The number of hydroxylamine groups is 1. The van der Waals surface area contributed by atoms with Gasteiger partial charge in [-0.3, -0.25) is 4.79 Å². The summed E-state index contributed by atoms with van der Waals surface area (Å²) >= 11 is 4.64. The number of hydrogen-bond acceptors (Lipinski definition) is 3. The van der Waals surface area contributed by atoms with Crippen LogP contribution in [-0.2, 0) is 9.18 Å². The largest absolute Gasteiger partial charge is 0.296 e. The molecular formula is C3H4ClNO2. The van der Waals surface area contributed by atoms with E-state index in [1.807, 2.05) is 5.48 Å². The summed E-state index contributed by atoms with van der Waals surface area (Å²) in [5.74, 6) is 0. The third-order valence-electron chi connectivity index (χ3n) is 0.312. The summed E-state index contributed by atoms with van der Waals surface area (Å²) in [6.07, 6.45) is 0.488. The van der Waals surface area contributed by atoms with Crippen LogP contribution in [0.2, 0.25) is 0 Å². The van der Waals surface area contributed by atoms with Gasteiger partial charge in [0, 0.05) is 0 Å². The molecule has 0 amide bonds. The topological polar surface area (TPSA) is 38.3 Å². The number of carbonyl (C=O) groups is 1. The number of aldehydes is 1. The Hall–Kier alpha value is -0.540. The molecule has 0 spiro atoms. The fourth-order valence-electron chi connectivity index (χ4n) is 0.0736. The Bertz CT molecular complexity index is 83.0. The Balaban J connectivity index is 3.17. The Morgan fingerprint density at radius 2 is 2.57 bits per heavy atom. The zero-order valence-electron chi connectivity index (χ0n) is 3.48. The summed E-state index contributed by atoms with van der Waals surface area (Å²) in [5, 5.41) is 0. The van der Waals surface area contributed by atoms with Gasteiger partial charge in [-0.05, 0) is 0 Å². The summed E-state index contributed by atoms with van der Waals surface area (Å²) in [7, 11) is 0. The molecule has 0 saturated heterocycles. The molecule has 3 nitrogen and oxygen atoms in total. The minimum atomic E-state index is 0.0926. The van der Waals surface area contributed by atoms with E-state index in [1.54, 1.807) is 0 Å². The van der Waals surface area contributed by atoms with Crippen molar-refractivity contribution in [2.24, 2.45) is 0 Å². The predicted octanol–water partition coefficient (Wildman–Crippen LogP) is 0.374. The van der Waals surface area contributed by atoms with Crippen LogP contribution in [0.15, 0.2) is 12.3 Å². The van der Waals surface area contributed by atoms with Crippen molar-refractivity contribution in [1.29, 1.82) is 0 Å². The maximum Gasteiger partial charge on any atom is 0.167 e. The Morgan fingerprint density at radius 3 is 2.71 bits per heavy atom. The lowest BCUT2D eigenvalue weighted by Crippen LogP contribution is -2.07. The summed E-state index contributed by atoms with van der Waals surface area (Å²) < 4.78 is 3.79. The van der Waals surface area contributed by atoms with Gasteiger partial charge in [-0.15, -0.1) is 0 Å². The summed E-state index contributed by atoms with van der Waals surface area (Å²) in [4.78, 5) is 9.59. The van der Waals surface area contributed by atoms with Gasteiger partial charge in [0.05, 0.1) is 17.6 Å². The van der Waals surface area contributed by atoms with Crippen molar-refractivity contribution in [3.8, 4) is 0 Å². The van der Waals surface area contributed by atoms with Gasteiger partial charge in [0.15, 0.2) is 6.29 Å². The summed E-state index contributed by atoms with van der Waals surface area (Å²) in [6.45, 7) is 3.17. The number of rotatable bonds is 3. The van der Waals surface area contributed by atoms with Crippen LogP contribution in [0.4, 0.5) is 0 Å². The highest BCUT2D eigenvalue weighted by molar-refractivity contribution is 6.07. The molecule has 7 heavy (non-hydrogen) atoms. The third kappa shape index (κ3) is 3.29. The first-order chi connectivity index (χ1) is 3.31. The van der Waals surface area contributed by atoms with Gasteiger partial charge in [0.25, 0.3) is 0 Å². The first-order valence-corrected chi connectivity index (χ1v) is 1.79. The second-order valence-corrected chi connectivity index (χ2v) is 0.977. The molecule has 0 aliphatic rings. The quantitative estimate of drug-likeness (QED) is 0.333. The molecule has 0 aliphatic heterocycles. The number of carbonyl (C=O) groups excluding carboxylic acids is 1. The first kappa shape index (κ1) is 6.46. The molecule has 0 aromatic carbocycles. The molecule has 0 heterocycles. The highest BCUT2D eigenvalue weighted by Crippen LogP contribution is 1.77. The molecule has 0 bridgehead atoms. The standard InChI is InChI=1S/C3H4ClNO2/c1-3(2-6)5-7-4/h2,5H,1H2. The summed E-state index contributed by atoms with van der Waals surface area (Å²) in [5.41, 5.74) is 2.09. The van der Waals surface area contributed by atoms with Crippen molar-refractivity contribution < 1.29 is 9.18 Å². The monoisotopic (exact) mass is 121 g/mol. The molecule has 0 fully saturated rings. The van der Waals surface area contributed by atoms with E-state index in [0.29, 0.717) is 6.29 Å². The molecule has 0 aromatic rings. The van der Waals surface area contributed by atoms with Crippen molar-refractivity contribution in [1.82, 2.24) is 5.48 Å². The fraction of sp³-hybridized carbons (Fsp3) is 0. The van der Waals surface area contributed by atoms with Crippen LogP contribution in [-0.4, -0.2) is 6.29 Å². The van der Waals surface area contributed by atoms with E-state index in [4.69, 9.17) is 0 Å². The van der Waals surface area contributed by atoms with Crippen molar-refractivity contribution in [2.75, 3.05) is 0 Å². The maximum atomic E-state index is 9.59. The molecule has 0 aromatic heterocycles. The lowest BCUT2D eigenvalue weighted by molar-refractivity contribution is -0.105. The first-order valence-electron chi connectivity index (χ1n) is 1.49. The summed E-state index contributed by atoms with van der Waals surface area (Å²) in [6, 6.07) is 0. The third-order valence-corrected chi connectivity index (χ3v) is 0.389. The van der Waals surface area contributed by atoms with Gasteiger partial charge in [0.2, 0.25) is 0 Å². The number of allylic oxidation sites excluding steroid dienone is 1. The van der Waals surface area contributed by atoms with E-state index < -0.39 is 0 Å². The molecule has 0 unspecified atom stereocenters. The highest BCUT2D eigenvalue weighted by Gasteiger charge is 1.82. The van der Waals surface area contributed by atoms with Gasteiger partial charge in [-0.25, -0.2) is 5.48 Å². The van der Waals surface area contributed by atoms with Crippen LogP contribution in [0.5, 0.6) is 0 Å². The minimum Gasteiger partial charge on any atom is -0.296 e. The maximum absolute atomic E-state index is 9.59. The van der Waals surface area contributed by atoms with E-state index in [0.717, 1.165) is 0 Å². The zero-order chi connectivity index (χ0) is 5.70. The van der Waals surface area contributed by atoms with Crippen LogP contribution < -0.4 is 5.48 Å². The molecule has 1 N–H and O–H groups in total. The average molecular weight is 122 g/mol. The molecule has 0 saturated carbocycles. The molecule has 0 atom stereocenters. The molecular weight excluding hydrogens is 117 g/mol. The number of halogens is 1. The van der Waals surface area contributed by atoms with Crippen LogP contribution in [0, 0.1) is 0 Å². The molecule has 4 heteroatoms. The Morgan fingerprint density at radius 1 is 2.00 bits per heavy atom. The van der Waals surface area contributed by atoms with Crippen LogP contribution in [0.3, 0.4) is 0 Å². The van der Waals surface area contributed by atoms with Crippen molar-refractivity contribution >= 4 is 18.2 Å². The Kier molecular flexibility index (Phi) is 3.36. The second kappa shape index (κ2) is 3.64.